The average molecular weight is 295 g/mol. The molecule has 2 aromatic rings. The molecule has 0 spiro atoms. The number of aromatic nitrogens is 5. The lowest BCUT2D eigenvalue weighted by Crippen LogP contribution is -1.94. The third-order valence-electron chi connectivity index (χ3n) is 2.25. The summed E-state index contributed by atoms with van der Waals surface area (Å²) in [6.45, 7) is 6.10. The second-order valence-electron chi connectivity index (χ2n) is 4.14. The Morgan fingerprint density at radius 2 is 1.79 bits per heavy atom. The Kier molecular flexibility index (Phi) is 5.21. The van der Waals surface area contributed by atoms with Crippen LogP contribution in [0.2, 0.25) is 0 Å². The molecule has 0 unspecified atom stereocenters. The second kappa shape index (κ2) is 6.91. The predicted octanol–water partition coefficient (Wildman–Crippen LogP) is 3.01. The van der Waals surface area contributed by atoms with E-state index >= 15 is 0 Å². The third-order valence-corrected chi connectivity index (χ3v) is 4.16. The summed E-state index contributed by atoms with van der Waals surface area (Å²) in [6.07, 6.45) is 1.12. The van der Waals surface area contributed by atoms with Crippen molar-refractivity contribution in [1.82, 2.24) is 25.1 Å². The van der Waals surface area contributed by atoms with Gasteiger partial charge in [0.15, 0.2) is 5.16 Å². The summed E-state index contributed by atoms with van der Waals surface area (Å²) in [5, 5.41) is 8.74. The smallest absolute Gasteiger partial charge is 0.208 e. The van der Waals surface area contributed by atoms with Crippen molar-refractivity contribution < 1.29 is 0 Å². The summed E-state index contributed by atoms with van der Waals surface area (Å²) in [5.74, 6) is 2.62. The van der Waals surface area contributed by atoms with E-state index in [1.165, 1.54) is 0 Å². The van der Waals surface area contributed by atoms with Crippen molar-refractivity contribution in [2.75, 3.05) is 5.75 Å². The molecule has 0 aliphatic carbocycles. The van der Waals surface area contributed by atoms with Crippen LogP contribution in [0.25, 0.3) is 0 Å². The van der Waals surface area contributed by atoms with E-state index in [9.17, 15) is 0 Å². The Hall–Kier alpha value is -1.08. The van der Waals surface area contributed by atoms with Gasteiger partial charge in [-0.25, -0.2) is 15.0 Å². The van der Waals surface area contributed by atoms with Gasteiger partial charge in [0.25, 0.3) is 0 Å². The molecule has 0 amide bonds. The molecule has 19 heavy (non-hydrogen) atoms. The number of thioether (sulfide) groups is 2. The number of hydrogen-bond acceptors (Lipinski definition) is 6. The van der Waals surface area contributed by atoms with Gasteiger partial charge >= 0.3 is 0 Å². The maximum atomic E-state index is 4.43. The molecule has 0 saturated carbocycles. The molecule has 0 fully saturated rings. The normalized spacial score (nSPS) is 10.9. The molecule has 5 nitrogen and oxygen atoms in total. The number of nitrogens with zero attached hydrogens (tertiary/aromatic N) is 4. The minimum absolute atomic E-state index is 0.711. The Morgan fingerprint density at radius 1 is 1.05 bits per heavy atom. The Labute approximate surface area is 121 Å². The molecule has 0 aliphatic heterocycles. The molecule has 0 atom stereocenters. The molecule has 1 N–H and O–H groups in total. The van der Waals surface area contributed by atoms with Crippen LogP contribution >= 0.6 is 23.5 Å². The second-order valence-corrected chi connectivity index (χ2v) is 6.14. The Bertz CT molecular complexity index is 520. The molecule has 7 heteroatoms. The van der Waals surface area contributed by atoms with Crippen LogP contribution in [0.5, 0.6) is 0 Å². The van der Waals surface area contributed by atoms with Gasteiger partial charge in [-0.3, -0.25) is 5.10 Å². The van der Waals surface area contributed by atoms with Gasteiger partial charge in [-0.05, 0) is 26.3 Å². The van der Waals surface area contributed by atoms with E-state index in [2.05, 4.69) is 32.1 Å². The maximum absolute atomic E-state index is 4.43. The fraction of sp³-hybridized carbons (Fsp3) is 0.500. The van der Waals surface area contributed by atoms with Crippen molar-refractivity contribution in [1.29, 1.82) is 0 Å². The average Bonchev–Trinajstić information content (AvgIpc) is 2.81. The van der Waals surface area contributed by atoms with Gasteiger partial charge in [0.1, 0.15) is 5.82 Å². The number of aromatic amines is 1. The molecular formula is C12H17N5S2. The first kappa shape index (κ1) is 14.3. The number of hydrogen-bond donors (Lipinski definition) is 1. The molecular weight excluding hydrogens is 278 g/mol. The monoisotopic (exact) mass is 295 g/mol. The number of rotatable bonds is 6. The van der Waals surface area contributed by atoms with E-state index in [-0.39, 0.29) is 0 Å². The van der Waals surface area contributed by atoms with Gasteiger partial charge in [0.2, 0.25) is 5.16 Å². The maximum Gasteiger partial charge on any atom is 0.208 e. The minimum Gasteiger partial charge on any atom is -0.261 e. The standard InChI is InChI=1S/C12H17N5S2/c1-4-5-18-12-15-10(16-17-12)7-19-11-13-8(2)6-9(3)14-11/h6H,4-5,7H2,1-3H3,(H,15,16,17). The zero-order chi connectivity index (χ0) is 13.7. The van der Waals surface area contributed by atoms with Crippen molar-refractivity contribution in [3.63, 3.8) is 0 Å². The fourth-order valence-corrected chi connectivity index (χ4v) is 2.97. The van der Waals surface area contributed by atoms with Crippen LogP contribution in [0.15, 0.2) is 16.4 Å². The molecule has 0 radical (unpaired) electrons. The quantitative estimate of drug-likeness (QED) is 0.652. The van der Waals surface area contributed by atoms with E-state index in [1.807, 2.05) is 19.9 Å². The van der Waals surface area contributed by atoms with Gasteiger partial charge in [-0.1, -0.05) is 30.4 Å². The molecule has 2 aromatic heterocycles. The third kappa shape index (κ3) is 4.50. The molecule has 0 saturated heterocycles. The minimum atomic E-state index is 0.711. The van der Waals surface area contributed by atoms with Crippen LogP contribution in [0.3, 0.4) is 0 Å². The van der Waals surface area contributed by atoms with Crippen LogP contribution in [-0.2, 0) is 5.75 Å². The highest BCUT2D eigenvalue weighted by Crippen LogP contribution is 2.20. The predicted molar refractivity (Wildman–Crippen MR) is 78.5 cm³/mol. The van der Waals surface area contributed by atoms with Crippen molar-refractivity contribution in [2.45, 2.75) is 43.3 Å². The first-order chi connectivity index (χ1) is 9.17. The summed E-state index contributed by atoms with van der Waals surface area (Å²) in [6, 6.07) is 1.97. The van der Waals surface area contributed by atoms with Crippen LogP contribution in [-0.4, -0.2) is 30.9 Å². The summed E-state index contributed by atoms with van der Waals surface area (Å²) >= 11 is 3.25. The fourth-order valence-electron chi connectivity index (χ4n) is 1.49. The zero-order valence-corrected chi connectivity index (χ0v) is 12.9. The van der Waals surface area contributed by atoms with E-state index < -0.39 is 0 Å². The molecule has 102 valence electrons. The highest BCUT2D eigenvalue weighted by atomic mass is 32.2. The lowest BCUT2D eigenvalue weighted by molar-refractivity contribution is 0.899. The number of nitrogens with one attached hydrogen (secondary N) is 1. The summed E-state index contributed by atoms with van der Waals surface area (Å²) < 4.78 is 0. The van der Waals surface area contributed by atoms with Crippen LogP contribution in [0, 0.1) is 13.8 Å². The first-order valence-electron chi connectivity index (χ1n) is 6.16. The molecule has 0 aromatic carbocycles. The van der Waals surface area contributed by atoms with E-state index in [1.54, 1.807) is 23.5 Å². The van der Waals surface area contributed by atoms with Crippen molar-refractivity contribution in [3.05, 3.63) is 23.3 Å². The zero-order valence-electron chi connectivity index (χ0n) is 11.3. The lowest BCUT2D eigenvalue weighted by atomic mass is 10.4. The molecule has 2 rings (SSSR count). The Balaban J connectivity index is 1.92. The summed E-state index contributed by atoms with van der Waals surface area (Å²) in [5.41, 5.74) is 1.98. The topological polar surface area (TPSA) is 67.3 Å². The van der Waals surface area contributed by atoms with E-state index in [0.717, 1.165) is 39.7 Å². The van der Waals surface area contributed by atoms with Gasteiger partial charge < -0.3 is 0 Å². The molecule has 2 heterocycles. The highest BCUT2D eigenvalue weighted by Gasteiger charge is 2.06. The summed E-state index contributed by atoms with van der Waals surface area (Å²) in [4.78, 5) is 13.2. The number of H-pyrrole nitrogens is 1. The Morgan fingerprint density at radius 3 is 2.47 bits per heavy atom. The van der Waals surface area contributed by atoms with Crippen LogP contribution in [0.1, 0.15) is 30.6 Å². The highest BCUT2D eigenvalue weighted by molar-refractivity contribution is 7.99. The first-order valence-corrected chi connectivity index (χ1v) is 8.13. The van der Waals surface area contributed by atoms with Crippen molar-refractivity contribution in [2.24, 2.45) is 0 Å². The van der Waals surface area contributed by atoms with Gasteiger partial charge in [-0.15, -0.1) is 5.10 Å². The number of aryl methyl sites for hydroxylation is 2. The molecule has 0 aliphatic rings. The van der Waals surface area contributed by atoms with E-state index in [4.69, 9.17) is 0 Å². The lowest BCUT2D eigenvalue weighted by Gasteiger charge is -2.00. The SMILES string of the molecule is CCCSc1n[nH]c(CSc2nc(C)cc(C)n2)n1. The molecule has 0 bridgehead atoms. The van der Waals surface area contributed by atoms with Crippen LogP contribution in [0.4, 0.5) is 0 Å². The van der Waals surface area contributed by atoms with Gasteiger partial charge in [0.05, 0.1) is 5.75 Å². The van der Waals surface area contributed by atoms with Crippen LogP contribution < -0.4 is 0 Å². The van der Waals surface area contributed by atoms with Crippen molar-refractivity contribution in [3.8, 4) is 0 Å². The van der Waals surface area contributed by atoms with E-state index in [0.29, 0.717) is 5.75 Å². The van der Waals surface area contributed by atoms with Gasteiger partial charge in [-0.2, -0.15) is 0 Å². The van der Waals surface area contributed by atoms with Gasteiger partial charge in [0, 0.05) is 17.1 Å². The van der Waals surface area contributed by atoms with Crippen molar-refractivity contribution >= 4 is 23.5 Å². The largest absolute Gasteiger partial charge is 0.261 e. The summed E-state index contributed by atoms with van der Waals surface area (Å²) in [7, 11) is 0.